The maximum absolute atomic E-state index is 13.4. The van der Waals surface area contributed by atoms with Crippen LogP contribution in [-0.2, 0) is 14.8 Å². The smallest absolute Gasteiger partial charge is 0.355 e. The van der Waals surface area contributed by atoms with E-state index in [1.165, 1.54) is 16.4 Å². The predicted octanol–water partition coefficient (Wildman–Crippen LogP) is 3.73. The molecule has 0 saturated heterocycles. The molecule has 2 aromatic rings. The molecule has 7 nitrogen and oxygen atoms in total. The highest BCUT2D eigenvalue weighted by molar-refractivity contribution is 7.89. The first kappa shape index (κ1) is 23.8. The number of H-pyrrole nitrogens is 1. The predicted molar refractivity (Wildman–Crippen MR) is 115 cm³/mol. The SMILES string of the molecule is CCOC(=O)c1[nH]c(C)c(C(=O)[C@@H](C)N(CC(C)C)S(=O)(=O)c2ccccc2)c1C. The number of ketones is 1. The number of aryl methyl sites for hydroxylation is 1. The van der Waals surface area contributed by atoms with Crippen LogP contribution in [0, 0.1) is 19.8 Å². The Morgan fingerprint density at radius 1 is 1.10 bits per heavy atom. The number of hydrogen-bond donors (Lipinski definition) is 1. The number of ether oxygens (including phenoxy) is 1. The first-order valence-corrected chi connectivity index (χ1v) is 11.4. The van der Waals surface area contributed by atoms with E-state index < -0.39 is 22.0 Å². The molecule has 164 valence electrons. The van der Waals surface area contributed by atoms with E-state index >= 15 is 0 Å². The molecule has 0 aliphatic rings. The fourth-order valence-electron chi connectivity index (χ4n) is 3.42. The molecule has 2 rings (SSSR count). The van der Waals surface area contributed by atoms with Crippen molar-refractivity contribution in [2.45, 2.75) is 52.5 Å². The van der Waals surface area contributed by atoms with Gasteiger partial charge in [0.15, 0.2) is 5.78 Å². The third kappa shape index (κ3) is 4.82. The van der Waals surface area contributed by atoms with Gasteiger partial charge in [0.25, 0.3) is 0 Å². The van der Waals surface area contributed by atoms with Crippen LogP contribution in [0.4, 0.5) is 0 Å². The van der Waals surface area contributed by atoms with E-state index in [1.54, 1.807) is 45.9 Å². The summed E-state index contributed by atoms with van der Waals surface area (Å²) in [5, 5.41) is 0. The molecule has 1 atom stereocenters. The number of carbonyl (C=O) groups is 2. The highest BCUT2D eigenvalue weighted by Gasteiger charge is 2.36. The third-order valence-corrected chi connectivity index (χ3v) is 6.82. The van der Waals surface area contributed by atoms with Crippen LogP contribution >= 0.6 is 0 Å². The van der Waals surface area contributed by atoms with E-state index in [2.05, 4.69) is 4.98 Å². The van der Waals surface area contributed by atoms with Crippen LogP contribution in [0.1, 0.15) is 59.8 Å². The zero-order valence-corrected chi connectivity index (χ0v) is 19.2. The van der Waals surface area contributed by atoms with Gasteiger partial charge in [-0.1, -0.05) is 32.0 Å². The number of aromatic amines is 1. The first-order chi connectivity index (χ1) is 14.0. The quantitative estimate of drug-likeness (QED) is 0.479. The summed E-state index contributed by atoms with van der Waals surface area (Å²) < 4.78 is 32.9. The molecule has 8 heteroatoms. The number of rotatable bonds is 9. The Hall–Kier alpha value is -2.45. The molecule has 0 spiro atoms. The summed E-state index contributed by atoms with van der Waals surface area (Å²) in [6, 6.07) is 7.14. The molecule has 1 aromatic carbocycles. The van der Waals surface area contributed by atoms with Crippen molar-refractivity contribution >= 4 is 21.8 Å². The maximum Gasteiger partial charge on any atom is 0.355 e. The van der Waals surface area contributed by atoms with E-state index in [9.17, 15) is 18.0 Å². The highest BCUT2D eigenvalue weighted by Crippen LogP contribution is 2.26. The van der Waals surface area contributed by atoms with Crippen molar-refractivity contribution in [3.05, 3.63) is 52.8 Å². The minimum absolute atomic E-state index is 0.0160. The Bertz CT molecular complexity index is 1010. The van der Waals surface area contributed by atoms with Gasteiger partial charge in [-0.3, -0.25) is 4.79 Å². The number of sulfonamides is 1. The second kappa shape index (κ2) is 9.57. The molecule has 0 aliphatic carbocycles. The number of aromatic nitrogens is 1. The van der Waals surface area contributed by atoms with Crippen LogP contribution in [0.15, 0.2) is 35.2 Å². The summed E-state index contributed by atoms with van der Waals surface area (Å²) in [5.41, 5.74) is 1.51. The van der Waals surface area contributed by atoms with Crippen LogP contribution in [-0.4, -0.2) is 48.7 Å². The van der Waals surface area contributed by atoms with Gasteiger partial charge in [0, 0.05) is 17.8 Å². The van der Waals surface area contributed by atoms with Crippen molar-refractivity contribution < 1.29 is 22.7 Å². The standard InChI is InChI=1S/C22H30N2O5S/c1-7-29-22(26)20-15(4)19(16(5)23-20)21(25)17(6)24(13-14(2)3)30(27,28)18-11-9-8-10-12-18/h8-12,14,17,23H,7,13H2,1-6H3/t17-/m1/s1. The average molecular weight is 435 g/mol. The normalized spacial score (nSPS) is 12.9. The third-order valence-electron chi connectivity index (χ3n) is 4.87. The van der Waals surface area contributed by atoms with Gasteiger partial charge < -0.3 is 9.72 Å². The number of esters is 1. The number of Topliss-reactive ketones (excluding diaryl/α,β-unsaturated/α-hetero) is 1. The molecule has 1 aromatic heterocycles. The monoisotopic (exact) mass is 434 g/mol. The van der Waals surface area contributed by atoms with E-state index in [1.807, 2.05) is 13.8 Å². The summed E-state index contributed by atoms with van der Waals surface area (Å²) in [5.74, 6) is -0.889. The molecule has 0 radical (unpaired) electrons. The van der Waals surface area contributed by atoms with Gasteiger partial charge in [0.2, 0.25) is 10.0 Å². The van der Waals surface area contributed by atoms with Gasteiger partial charge in [0.05, 0.1) is 17.5 Å². The molecule has 0 fully saturated rings. The fraction of sp³-hybridized carbons (Fsp3) is 0.455. The molecular weight excluding hydrogens is 404 g/mol. The number of nitrogens with zero attached hydrogens (tertiary/aromatic N) is 1. The zero-order chi connectivity index (χ0) is 22.6. The lowest BCUT2D eigenvalue weighted by Gasteiger charge is -2.29. The first-order valence-electron chi connectivity index (χ1n) is 9.99. The average Bonchev–Trinajstić information content (AvgIpc) is 3.00. The van der Waals surface area contributed by atoms with Crippen molar-refractivity contribution in [2.24, 2.45) is 5.92 Å². The van der Waals surface area contributed by atoms with Crippen LogP contribution < -0.4 is 0 Å². The second-order valence-corrected chi connectivity index (χ2v) is 9.56. The molecule has 1 N–H and O–H groups in total. The summed E-state index contributed by atoms with van der Waals surface area (Å²) in [7, 11) is -3.88. The van der Waals surface area contributed by atoms with E-state index in [0.29, 0.717) is 16.8 Å². The Kier molecular flexibility index (Phi) is 7.60. The number of carbonyl (C=O) groups excluding carboxylic acids is 2. The van der Waals surface area contributed by atoms with Crippen molar-refractivity contribution in [3.63, 3.8) is 0 Å². The molecular formula is C22H30N2O5S. The molecule has 0 amide bonds. The van der Waals surface area contributed by atoms with Crippen LogP contribution in [0.3, 0.4) is 0 Å². The lowest BCUT2D eigenvalue weighted by atomic mass is 10.0. The van der Waals surface area contributed by atoms with Gasteiger partial charge in [-0.05, 0) is 51.3 Å². The van der Waals surface area contributed by atoms with Crippen LogP contribution in [0.2, 0.25) is 0 Å². The fourth-order valence-corrected chi connectivity index (χ4v) is 5.20. The van der Waals surface area contributed by atoms with Gasteiger partial charge in [-0.25, -0.2) is 13.2 Å². The minimum Gasteiger partial charge on any atom is -0.461 e. The summed E-state index contributed by atoms with van der Waals surface area (Å²) in [6.45, 7) is 10.8. The van der Waals surface area contributed by atoms with Gasteiger partial charge in [0.1, 0.15) is 5.69 Å². The lowest BCUT2D eigenvalue weighted by molar-refractivity contribution is 0.0519. The minimum atomic E-state index is -3.88. The summed E-state index contributed by atoms with van der Waals surface area (Å²) in [6.07, 6.45) is 0. The molecule has 0 aliphatic heterocycles. The summed E-state index contributed by atoms with van der Waals surface area (Å²) >= 11 is 0. The van der Waals surface area contributed by atoms with Crippen molar-refractivity contribution in [2.75, 3.05) is 13.2 Å². The van der Waals surface area contributed by atoms with Crippen molar-refractivity contribution in [1.82, 2.24) is 9.29 Å². The Balaban J connectivity index is 2.48. The van der Waals surface area contributed by atoms with Gasteiger partial charge in [-0.15, -0.1) is 0 Å². The number of nitrogens with one attached hydrogen (secondary N) is 1. The molecule has 30 heavy (non-hydrogen) atoms. The highest BCUT2D eigenvalue weighted by atomic mass is 32.2. The Morgan fingerprint density at radius 2 is 1.70 bits per heavy atom. The van der Waals surface area contributed by atoms with Crippen LogP contribution in [0.25, 0.3) is 0 Å². The Morgan fingerprint density at radius 3 is 2.23 bits per heavy atom. The molecule has 0 saturated carbocycles. The number of hydrogen-bond acceptors (Lipinski definition) is 5. The summed E-state index contributed by atoms with van der Waals surface area (Å²) in [4.78, 5) is 28.6. The Labute approximate surface area is 178 Å². The largest absolute Gasteiger partial charge is 0.461 e. The van der Waals surface area contributed by atoms with E-state index in [4.69, 9.17) is 4.74 Å². The van der Waals surface area contributed by atoms with Crippen LogP contribution in [0.5, 0.6) is 0 Å². The topological polar surface area (TPSA) is 96.5 Å². The van der Waals surface area contributed by atoms with Crippen molar-refractivity contribution in [3.8, 4) is 0 Å². The maximum atomic E-state index is 13.4. The van der Waals surface area contributed by atoms with E-state index in [0.717, 1.165) is 0 Å². The molecule has 1 heterocycles. The molecule has 0 bridgehead atoms. The zero-order valence-electron chi connectivity index (χ0n) is 18.4. The second-order valence-electron chi connectivity index (χ2n) is 7.67. The molecule has 0 unspecified atom stereocenters. The van der Waals surface area contributed by atoms with Gasteiger partial charge >= 0.3 is 5.97 Å². The van der Waals surface area contributed by atoms with E-state index in [-0.39, 0.29) is 35.4 Å². The van der Waals surface area contributed by atoms with Gasteiger partial charge in [-0.2, -0.15) is 4.31 Å². The van der Waals surface area contributed by atoms with Crippen molar-refractivity contribution in [1.29, 1.82) is 0 Å². The lowest BCUT2D eigenvalue weighted by Crippen LogP contribution is -2.45. The number of benzene rings is 1.